The van der Waals surface area contributed by atoms with Crippen LogP contribution in [0.4, 0.5) is 4.79 Å². The van der Waals surface area contributed by atoms with Gasteiger partial charge < -0.3 is 10.6 Å². The fourth-order valence-corrected chi connectivity index (χ4v) is 3.56. The first kappa shape index (κ1) is 15.9. The van der Waals surface area contributed by atoms with E-state index in [1.165, 1.54) is 4.88 Å². The van der Waals surface area contributed by atoms with Crippen molar-refractivity contribution in [2.24, 2.45) is 0 Å². The maximum atomic E-state index is 12.1. The second-order valence-electron chi connectivity index (χ2n) is 5.08. The van der Waals surface area contributed by atoms with Crippen molar-refractivity contribution in [1.29, 1.82) is 0 Å². The van der Waals surface area contributed by atoms with Crippen LogP contribution in [0.2, 0.25) is 0 Å². The average Bonchev–Trinajstić information content (AvgIpc) is 3.08. The minimum absolute atomic E-state index is 0.194. The third-order valence-electron chi connectivity index (χ3n) is 3.47. The Balaban J connectivity index is 1.94. The number of hydrogen-bond donors (Lipinski definition) is 2. The summed E-state index contributed by atoms with van der Waals surface area (Å²) in [7, 11) is 0. The first-order chi connectivity index (χ1) is 9.94. The number of aryl methyl sites for hydroxylation is 2. The maximum Gasteiger partial charge on any atom is 0.315 e. The molecule has 0 aliphatic rings. The Kier molecular flexibility index (Phi) is 4.95. The minimum Gasteiger partial charge on any atom is -0.332 e. The molecule has 2 rings (SSSR count). The first-order valence-corrected chi connectivity index (χ1v) is 8.53. The highest BCUT2D eigenvalue weighted by Crippen LogP contribution is 2.26. The van der Waals surface area contributed by atoms with Crippen LogP contribution < -0.4 is 10.6 Å². The Hall–Kier alpha value is -1.47. The summed E-state index contributed by atoms with van der Waals surface area (Å²) >= 11 is 3.17. The number of carbonyl (C=O) groups is 1. The van der Waals surface area contributed by atoms with Crippen LogP contribution in [-0.2, 0) is 12.1 Å². The molecule has 0 aromatic carbocycles. The highest BCUT2D eigenvalue weighted by atomic mass is 32.1. The zero-order valence-corrected chi connectivity index (χ0v) is 14.3. The highest BCUT2D eigenvalue weighted by molar-refractivity contribution is 7.11. The Morgan fingerprint density at radius 1 is 1.43 bits per heavy atom. The van der Waals surface area contributed by atoms with Crippen molar-refractivity contribution in [3.05, 3.63) is 32.2 Å². The third kappa shape index (κ3) is 3.79. The van der Waals surface area contributed by atoms with Crippen molar-refractivity contribution in [1.82, 2.24) is 20.6 Å². The number of aromatic nitrogens is 2. The molecule has 0 bridgehead atoms. The molecule has 1 atom stereocenters. The molecule has 0 aliphatic carbocycles. The standard InChI is InChI=1S/C14H20N4OS2/c1-5-14(4,12-15-6-7-20-12)18-13(19)16-8-11-17-9(2)10(3)21-11/h6-7H,5,8H2,1-4H3,(H2,16,18,19)/t14-/m1/s1. The lowest BCUT2D eigenvalue weighted by molar-refractivity contribution is 0.225. The van der Waals surface area contributed by atoms with Gasteiger partial charge in [-0.1, -0.05) is 6.92 Å². The lowest BCUT2D eigenvalue weighted by atomic mass is 10.0. The zero-order valence-electron chi connectivity index (χ0n) is 12.7. The zero-order chi connectivity index (χ0) is 15.5. The molecule has 5 nitrogen and oxygen atoms in total. The van der Waals surface area contributed by atoms with Gasteiger partial charge in [0.15, 0.2) is 0 Å². The van der Waals surface area contributed by atoms with Crippen LogP contribution in [0, 0.1) is 13.8 Å². The van der Waals surface area contributed by atoms with Gasteiger partial charge in [-0.2, -0.15) is 0 Å². The number of amides is 2. The highest BCUT2D eigenvalue weighted by Gasteiger charge is 2.29. The number of carbonyl (C=O) groups excluding carboxylic acids is 1. The topological polar surface area (TPSA) is 66.9 Å². The van der Waals surface area contributed by atoms with Crippen LogP contribution in [-0.4, -0.2) is 16.0 Å². The fourth-order valence-electron chi connectivity index (χ4n) is 1.85. The molecule has 2 amide bonds. The molecule has 0 radical (unpaired) electrons. The van der Waals surface area contributed by atoms with Crippen molar-refractivity contribution in [3.8, 4) is 0 Å². The molecule has 2 aromatic rings. The number of hydrogen-bond acceptors (Lipinski definition) is 5. The molecule has 0 spiro atoms. The summed E-state index contributed by atoms with van der Waals surface area (Å²) in [6.45, 7) is 8.49. The molecular formula is C14H20N4OS2. The van der Waals surface area contributed by atoms with Crippen LogP contribution >= 0.6 is 22.7 Å². The van der Waals surface area contributed by atoms with Gasteiger partial charge in [0, 0.05) is 16.5 Å². The molecule has 0 unspecified atom stereocenters. The van der Waals surface area contributed by atoms with Gasteiger partial charge in [-0.3, -0.25) is 0 Å². The predicted molar refractivity (Wildman–Crippen MR) is 86.7 cm³/mol. The molecule has 0 aliphatic heterocycles. The first-order valence-electron chi connectivity index (χ1n) is 6.83. The summed E-state index contributed by atoms with van der Waals surface area (Å²) < 4.78 is 0. The molecule has 2 aromatic heterocycles. The number of thiazole rings is 2. The summed E-state index contributed by atoms with van der Waals surface area (Å²) in [5.41, 5.74) is 0.589. The van der Waals surface area contributed by atoms with Gasteiger partial charge >= 0.3 is 6.03 Å². The number of urea groups is 1. The van der Waals surface area contributed by atoms with E-state index in [1.807, 2.05) is 33.1 Å². The van der Waals surface area contributed by atoms with Gasteiger partial charge in [-0.15, -0.1) is 22.7 Å². The van der Waals surface area contributed by atoms with E-state index in [1.54, 1.807) is 28.9 Å². The molecule has 0 fully saturated rings. The Labute approximate surface area is 132 Å². The number of nitrogens with zero attached hydrogens (tertiary/aromatic N) is 2. The summed E-state index contributed by atoms with van der Waals surface area (Å²) in [5.74, 6) is 0. The SMILES string of the molecule is CC[C@@](C)(NC(=O)NCc1nc(C)c(C)s1)c1nccs1. The van der Waals surface area contributed by atoms with Crippen LogP contribution in [0.15, 0.2) is 11.6 Å². The number of nitrogens with one attached hydrogen (secondary N) is 2. The molecule has 0 saturated heterocycles. The smallest absolute Gasteiger partial charge is 0.315 e. The lowest BCUT2D eigenvalue weighted by Crippen LogP contribution is -2.47. The second kappa shape index (κ2) is 6.53. The second-order valence-corrected chi connectivity index (χ2v) is 7.26. The van der Waals surface area contributed by atoms with Gasteiger partial charge in [0.05, 0.1) is 17.8 Å². The van der Waals surface area contributed by atoms with Crippen LogP contribution in [0.3, 0.4) is 0 Å². The molecule has 21 heavy (non-hydrogen) atoms. The Morgan fingerprint density at radius 3 is 2.71 bits per heavy atom. The van der Waals surface area contributed by atoms with E-state index in [-0.39, 0.29) is 6.03 Å². The van der Waals surface area contributed by atoms with Gasteiger partial charge in [-0.25, -0.2) is 14.8 Å². The van der Waals surface area contributed by atoms with E-state index in [0.29, 0.717) is 6.54 Å². The normalized spacial score (nSPS) is 13.7. The number of rotatable bonds is 5. The van der Waals surface area contributed by atoms with Gasteiger partial charge in [-0.05, 0) is 27.2 Å². The maximum absolute atomic E-state index is 12.1. The molecule has 2 heterocycles. The van der Waals surface area contributed by atoms with E-state index in [0.717, 1.165) is 22.1 Å². The van der Waals surface area contributed by atoms with Gasteiger partial charge in [0.2, 0.25) is 0 Å². The van der Waals surface area contributed by atoms with Crippen molar-refractivity contribution < 1.29 is 4.79 Å². The predicted octanol–water partition coefficient (Wildman–Crippen LogP) is 3.34. The summed E-state index contributed by atoms with van der Waals surface area (Å²) in [4.78, 5) is 22.0. The molecule has 2 N–H and O–H groups in total. The monoisotopic (exact) mass is 324 g/mol. The van der Waals surface area contributed by atoms with Crippen molar-refractivity contribution in [3.63, 3.8) is 0 Å². The summed E-state index contributed by atoms with van der Waals surface area (Å²) in [5, 5.41) is 9.64. The quantitative estimate of drug-likeness (QED) is 0.886. The molecule has 114 valence electrons. The lowest BCUT2D eigenvalue weighted by Gasteiger charge is -2.27. The molecule has 0 saturated carbocycles. The molecule has 7 heteroatoms. The van der Waals surface area contributed by atoms with E-state index >= 15 is 0 Å². The Bertz CT molecular complexity index is 589. The average molecular weight is 324 g/mol. The van der Waals surface area contributed by atoms with Crippen molar-refractivity contribution >= 4 is 28.7 Å². The van der Waals surface area contributed by atoms with E-state index in [4.69, 9.17) is 0 Å². The van der Waals surface area contributed by atoms with Crippen LogP contribution in [0.25, 0.3) is 0 Å². The third-order valence-corrected chi connectivity index (χ3v) is 5.58. The van der Waals surface area contributed by atoms with Crippen LogP contribution in [0.1, 0.15) is 40.9 Å². The molecular weight excluding hydrogens is 304 g/mol. The van der Waals surface area contributed by atoms with Crippen molar-refractivity contribution in [2.45, 2.75) is 46.2 Å². The van der Waals surface area contributed by atoms with E-state index in [9.17, 15) is 4.79 Å². The van der Waals surface area contributed by atoms with Crippen molar-refractivity contribution in [2.75, 3.05) is 0 Å². The van der Waals surface area contributed by atoms with E-state index in [2.05, 4.69) is 20.6 Å². The largest absolute Gasteiger partial charge is 0.332 e. The summed E-state index contributed by atoms with van der Waals surface area (Å²) in [6.07, 6.45) is 2.54. The summed E-state index contributed by atoms with van der Waals surface area (Å²) in [6, 6.07) is -0.194. The van der Waals surface area contributed by atoms with Crippen LogP contribution in [0.5, 0.6) is 0 Å². The van der Waals surface area contributed by atoms with E-state index < -0.39 is 5.54 Å². The van der Waals surface area contributed by atoms with Gasteiger partial charge in [0.1, 0.15) is 10.0 Å². The fraction of sp³-hybridized carbons (Fsp3) is 0.500. The minimum atomic E-state index is -0.438. The Morgan fingerprint density at radius 2 is 2.19 bits per heavy atom. The van der Waals surface area contributed by atoms with Gasteiger partial charge in [0.25, 0.3) is 0 Å².